The predicted octanol–water partition coefficient (Wildman–Crippen LogP) is 4.06. The fourth-order valence-electron chi connectivity index (χ4n) is 3.66. The topological polar surface area (TPSA) is 71.1 Å². The summed E-state index contributed by atoms with van der Waals surface area (Å²) in [6.45, 7) is 8.71. The highest BCUT2D eigenvalue weighted by Gasteiger charge is 2.72. The molecule has 1 aromatic rings. The van der Waals surface area contributed by atoms with Gasteiger partial charge in [0.25, 0.3) is 0 Å². The van der Waals surface area contributed by atoms with Gasteiger partial charge in [-0.05, 0) is 37.8 Å². The minimum atomic E-state index is -1.61. The maximum absolute atomic E-state index is 13.7. The van der Waals surface area contributed by atoms with Gasteiger partial charge in [0.1, 0.15) is 0 Å². The molecule has 30 heavy (non-hydrogen) atoms. The first kappa shape index (κ1) is 25.4. The molecule has 1 unspecified atom stereocenters. The second-order valence-electron chi connectivity index (χ2n) is 7.47. The number of rotatable bonds is 8. The summed E-state index contributed by atoms with van der Waals surface area (Å²) in [5.74, 6) is -1.77. The van der Waals surface area contributed by atoms with Crippen LogP contribution in [-0.4, -0.2) is 58.7 Å². The molecule has 1 saturated heterocycles. The quantitative estimate of drug-likeness (QED) is 0.580. The zero-order chi connectivity index (χ0) is 22.6. The molecule has 2 rings (SSSR count). The fraction of sp³-hybridized carbons (Fsp3) is 0.636. The van der Waals surface area contributed by atoms with Crippen LogP contribution in [0, 0.1) is 0 Å². The van der Waals surface area contributed by atoms with Gasteiger partial charge in [-0.2, -0.15) is 0 Å². The number of hydrogen-bond donors (Lipinski definition) is 0. The summed E-state index contributed by atoms with van der Waals surface area (Å²) in [6, 6.07) is 9.48. The molecule has 1 fully saturated rings. The lowest BCUT2D eigenvalue weighted by atomic mass is 9.78. The van der Waals surface area contributed by atoms with Gasteiger partial charge < -0.3 is 18.9 Å². The molecule has 1 aliphatic heterocycles. The summed E-state index contributed by atoms with van der Waals surface area (Å²) in [5.41, 5.74) is -2.37. The molecule has 0 radical (unpaired) electrons. The lowest BCUT2D eigenvalue weighted by Gasteiger charge is -2.59. The van der Waals surface area contributed by atoms with Crippen LogP contribution in [0.15, 0.2) is 30.3 Å². The molecule has 0 N–H and O–H groups in total. The third kappa shape index (κ3) is 4.23. The summed E-state index contributed by atoms with van der Waals surface area (Å²) in [7, 11) is 2.93. The number of benzene rings is 1. The summed E-state index contributed by atoms with van der Waals surface area (Å²) in [4.78, 5) is 27.1. The van der Waals surface area contributed by atoms with E-state index < -0.39 is 22.8 Å². The predicted molar refractivity (Wildman–Crippen MR) is 121 cm³/mol. The van der Waals surface area contributed by atoms with Crippen molar-refractivity contribution >= 4 is 33.8 Å². The smallest absolute Gasteiger partial charge is 0.224 e. The zero-order valence-corrected chi connectivity index (χ0v) is 20.4. The Hall–Kier alpha value is -0.900. The third-order valence-electron chi connectivity index (χ3n) is 5.71. The van der Waals surface area contributed by atoms with Crippen molar-refractivity contribution in [3.8, 4) is 0 Å². The van der Waals surface area contributed by atoms with Crippen LogP contribution in [0.4, 0.5) is 0 Å². The Labute approximate surface area is 187 Å². The van der Waals surface area contributed by atoms with E-state index in [0.717, 1.165) is 29.1 Å². The Kier molecular flexibility index (Phi) is 8.21. The number of carbonyl (C=O) groups is 2. The molecule has 8 heteroatoms. The van der Waals surface area contributed by atoms with E-state index in [1.54, 1.807) is 20.8 Å². The lowest BCUT2D eigenvalue weighted by Crippen LogP contribution is -2.78. The molecule has 0 spiro atoms. The third-order valence-corrected chi connectivity index (χ3v) is 7.53. The van der Waals surface area contributed by atoms with Crippen molar-refractivity contribution < 1.29 is 28.5 Å². The van der Waals surface area contributed by atoms with E-state index in [2.05, 4.69) is 0 Å². The van der Waals surface area contributed by atoms with Crippen LogP contribution >= 0.6 is 23.5 Å². The van der Waals surface area contributed by atoms with E-state index in [4.69, 9.17) is 18.9 Å². The number of thioether (sulfide) groups is 2. The number of methoxy groups -OCH3 is 2. The molecule has 0 aliphatic carbocycles. The molecule has 1 heterocycles. The average Bonchev–Trinajstić information content (AvgIpc) is 2.73. The Balaban J connectivity index is 2.76. The first-order valence-corrected chi connectivity index (χ1v) is 11.9. The number of ether oxygens (including phenoxy) is 4. The molecule has 0 amide bonds. The normalized spacial score (nSPS) is 34.0. The van der Waals surface area contributed by atoms with Crippen molar-refractivity contribution in [1.29, 1.82) is 0 Å². The van der Waals surface area contributed by atoms with Crippen LogP contribution in [0.2, 0.25) is 0 Å². The van der Waals surface area contributed by atoms with Gasteiger partial charge in [0.2, 0.25) is 21.8 Å². The summed E-state index contributed by atoms with van der Waals surface area (Å²) < 4.78 is 24.3. The fourth-order valence-corrected chi connectivity index (χ4v) is 5.21. The van der Waals surface area contributed by atoms with Crippen molar-refractivity contribution in [3.63, 3.8) is 0 Å². The number of hydrogen-bond acceptors (Lipinski definition) is 8. The maximum Gasteiger partial charge on any atom is 0.224 e. The van der Waals surface area contributed by atoms with E-state index >= 15 is 0 Å². The van der Waals surface area contributed by atoms with Gasteiger partial charge >= 0.3 is 0 Å². The molecule has 4 atom stereocenters. The average molecular weight is 457 g/mol. The first-order valence-electron chi connectivity index (χ1n) is 9.97. The molecule has 168 valence electrons. The van der Waals surface area contributed by atoms with Crippen molar-refractivity contribution in [3.05, 3.63) is 35.9 Å². The summed E-state index contributed by atoms with van der Waals surface area (Å²) in [6.07, 6.45) is 0.158. The van der Waals surface area contributed by atoms with Crippen LogP contribution in [0.1, 0.15) is 40.2 Å². The van der Waals surface area contributed by atoms with Gasteiger partial charge in [-0.25, -0.2) is 0 Å². The minimum Gasteiger partial charge on any atom is -0.349 e. The van der Waals surface area contributed by atoms with Gasteiger partial charge in [0, 0.05) is 20.6 Å². The monoisotopic (exact) mass is 456 g/mol. The van der Waals surface area contributed by atoms with Gasteiger partial charge in [-0.3, -0.25) is 9.59 Å². The highest BCUT2D eigenvalue weighted by atomic mass is 32.2. The van der Waals surface area contributed by atoms with Gasteiger partial charge in [0.05, 0.1) is 0 Å². The van der Waals surface area contributed by atoms with Crippen LogP contribution in [0.25, 0.3) is 0 Å². The maximum atomic E-state index is 13.7. The molecule has 1 aliphatic rings. The highest BCUT2D eigenvalue weighted by molar-refractivity contribution is 8.14. The summed E-state index contributed by atoms with van der Waals surface area (Å²) in [5, 5.41) is -0.560. The van der Waals surface area contributed by atoms with Crippen molar-refractivity contribution in [2.24, 2.45) is 0 Å². The van der Waals surface area contributed by atoms with Crippen LogP contribution in [-0.2, 0) is 35.0 Å². The Morgan fingerprint density at radius 3 is 1.87 bits per heavy atom. The molecular formula is C22H32O6S2. The van der Waals surface area contributed by atoms with E-state index in [0.29, 0.717) is 11.5 Å². The van der Waals surface area contributed by atoms with E-state index in [9.17, 15) is 9.59 Å². The molecular weight excluding hydrogens is 424 g/mol. The molecule has 0 saturated carbocycles. The largest absolute Gasteiger partial charge is 0.349 e. The first-order chi connectivity index (χ1) is 14.1. The second kappa shape index (κ2) is 9.71. The van der Waals surface area contributed by atoms with Crippen molar-refractivity contribution in [2.75, 3.05) is 25.7 Å². The Morgan fingerprint density at radius 1 is 0.867 bits per heavy atom. The minimum absolute atomic E-state index is 0.158. The summed E-state index contributed by atoms with van der Waals surface area (Å²) >= 11 is 2.21. The molecule has 0 bridgehead atoms. The number of carbonyl (C=O) groups excluding carboxylic acids is 2. The SMILES string of the molecule is CCSC(=O)C1(C)O[C@@](C)(OC)[C@](C)(OC)O[C@]1(Cc1ccccc1)C(=O)SCC. The van der Waals surface area contributed by atoms with E-state index in [1.165, 1.54) is 14.2 Å². The Morgan fingerprint density at radius 2 is 1.37 bits per heavy atom. The van der Waals surface area contributed by atoms with Crippen molar-refractivity contribution in [2.45, 2.75) is 63.8 Å². The van der Waals surface area contributed by atoms with Gasteiger partial charge in [0.15, 0.2) is 11.2 Å². The van der Waals surface area contributed by atoms with Gasteiger partial charge in [-0.1, -0.05) is 67.7 Å². The van der Waals surface area contributed by atoms with E-state index in [-0.39, 0.29) is 16.7 Å². The molecule has 1 aromatic carbocycles. The lowest BCUT2D eigenvalue weighted by molar-refractivity contribution is -0.471. The van der Waals surface area contributed by atoms with Crippen LogP contribution in [0.5, 0.6) is 0 Å². The Bertz CT molecular complexity index is 759. The van der Waals surface area contributed by atoms with Crippen molar-refractivity contribution in [1.82, 2.24) is 0 Å². The highest BCUT2D eigenvalue weighted by Crippen LogP contribution is 2.52. The molecule has 0 aromatic heterocycles. The standard InChI is InChI=1S/C22H32O6S2/c1-8-29-17(23)19(3)22(18(24)30-9-2,15-16-13-11-10-12-14-16)28-21(5,26-7)20(4,25-6)27-19/h10-14H,8-9,15H2,1-7H3/t19?,20-,21-,22-/m1/s1. The van der Waals surface area contributed by atoms with Gasteiger partial charge in [-0.15, -0.1) is 0 Å². The zero-order valence-electron chi connectivity index (χ0n) is 18.8. The van der Waals surface area contributed by atoms with Crippen LogP contribution < -0.4 is 0 Å². The van der Waals surface area contributed by atoms with Crippen LogP contribution in [0.3, 0.4) is 0 Å². The van der Waals surface area contributed by atoms with E-state index in [1.807, 2.05) is 44.2 Å². The molecule has 6 nitrogen and oxygen atoms in total. The second-order valence-corrected chi connectivity index (χ2v) is 9.94.